The predicted octanol–water partition coefficient (Wildman–Crippen LogP) is 1.23. The van der Waals surface area contributed by atoms with Crippen molar-refractivity contribution in [2.45, 2.75) is 25.3 Å². The fourth-order valence-electron chi connectivity index (χ4n) is 1.83. The van der Waals surface area contributed by atoms with E-state index >= 15 is 0 Å². The lowest BCUT2D eigenvalue weighted by atomic mass is 10.0. The van der Waals surface area contributed by atoms with Gasteiger partial charge in [0, 0.05) is 19.3 Å². The number of nitrogens with zero attached hydrogens (tertiary/aromatic N) is 2. The number of hydrogen-bond acceptors (Lipinski definition) is 2. The van der Waals surface area contributed by atoms with Gasteiger partial charge in [-0.3, -0.25) is 4.68 Å². The lowest BCUT2D eigenvalue weighted by Crippen LogP contribution is -2.28. The Kier molecular flexibility index (Phi) is 2.13. The molecule has 66 valence electrons. The first kappa shape index (κ1) is 7.80. The molecule has 0 aliphatic carbocycles. The lowest BCUT2D eigenvalue weighted by molar-refractivity contribution is 0.394. The summed E-state index contributed by atoms with van der Waals surface area (Å²) in [5, 5.41) is 7.67. The van der Waals surface area contributed by atoms with Gasteiger partial charge in [0.2, 0.25) is 0 Å². The number of aromatic nitrogens is 2. The summed E-state index contributed by atoms with van der Waals surface area (Å²) in [5.74, 6) is 0. The van der Waals surface area contributed by atoms with E-state index in [1.54, 1.807) is 0 Å². The topological polar surface area (TPSA) is 29.9 Å². The van der Waals surface area contributed by atoms with Gasteiger partial charge in [0.1, 0.15) is 0 Å². The van der Waals surface area contributed by atoms with Gasteiger partial charge in [-0.2, -0.15) is 5.10 Å². The standard InChI is InChI=1S/C9H15N3/c1-12-9(5-7-11-12)8-4-2-3-6-10-8/h5,7-8,10H,2-4,6H2,1H3/t8-/m1/s1. The highest BCUT2D eigenvalue weighted by Gasteiger charge is 2.16. The maximum absolute atomic E-state index is 4.17. The van der Waals surface area contributed by atoms with Gasteiger partial charge < -0.3 is 5.32 Å². The van der Waals surface area contributed by atoms with Crippen LogP contribution in [0.15, 0.2) is 12.3 Å². The molecule has 1 aromatic rings. The van der Waals surface area contributed by atoms with Gasteiger partial charge >= 0.3 is 0 Å². The van der Waals surface area contributed by atoms with Crippen LogP contribution < -0.4 is 5.32 Å². The summed E-state index contributed by atoms with van der Waals surface area (Å²) in [4.78, 5) is 0. The zero-order chi connectivity index (χ0) is 8.39. The fourth-order valence-corrected chi connectivity index (χ4v) is 1.83. The Bertz CT molecular complexity index is 248. The van der Waals surface area contributed by atoms with Gasteiger partial charge in [-0.1, -0.05) is 6.42 Å². The second-order valence-electron chi connectivity index (χ2n) is 3.38. The molecule has 1 fully saturated rings. The second-order valence-corrected chi connectivity index (χ2v) is 3.38. The third-order valence-electron chi connectivity index (χ3n) is 2.53. The number of piperidine rings is 1. The molecule has 2 rings (SSSR count). The summed E-state index contributed by atoms with van der Waals surface area (Å²) in [6, 6.07) is 2.63. The maximum Gasteiger partial charge on any atom is 0.0550 e. The Morgan fingerprint density at radius 3 is 3.08 bits per heavy atom. The molecule has 1 aliphatic heterocycles. The zero-order valence-corrected chi connectivity index (χ0v) is 7.45. The highest BCUT2D eigenvalue weighted by atomic mass is 15.3. The molecule has 3 heteroatoms. The largest absolute Gasteiger partial charge is 0.309 e. The summed E-state index contributed by atoms with van der Waals surface area (Å²) in [5.41, 5.74) is 1.31. The van der Waals surface area contributed by atoms with Crippen LogP contribution in [0.4, 0.5) is 0 Å². The number of nitrogens with one attached hydrogen (secondary N) is 1. The first-order chi connectivity index (χ1) is 5.88. The van der Waals surface area contributed by atoms with E-state index in [4.69, 9.17) is 0 Å². The van der Waals surface area contributed by atoms with E-state index in [0.29, 0.717) is 6.04 Å². The Labute approximate surface area is 72.8 Å². The monoisotopic (exact) mass is 165 g/mol. The SMILES string of the molecule is Cn1nccc1[C@H]1CCCCN1. The van der Waals surface area contributed by atoms with E-state index in [-0.39, 0.29) is 0 Å². The summed E-state index contributed by atoms with van der Waals surface area (Å²) in [6.45, 7) is 1.15. The molecule has 2 heterocycles. The molecule has 0 saturated carbocycles. The van der Waals surface area contributed by atoms with E-state index < -0.39 is 0 Å². The molecule has 12 heavy (non-hydrogen) atoms. The summed E-state index contributed by atoms with van der Waals surface area (Å²) in [6.07, 6.45) is 5.77. The number of rotatable bonds is 1. The molecule has 0 radical (unpaired) electrons. The average molecular weight is 165 g/mol. The molecule has 0 spiro atoms. The van der Waals surface area contributed by atoms with Gasteiger partial charge in [-0.25, -0.2) is 0 Å². The first-order valence-electron chi connectivity index (χ1n) is 4.59. The average Bonchev–Trinajstić information content (AvgIpc) is 2.53. The van der Waals surface area contributed by atoms with Crippen molar-refractivity contribution in [2.24, 2.45) is 7.05 Å². The van der Waals surface area contributed by atoms with E-state index in [1.807, 2.05) is 17.9 Å². The quantitative estimate of drug-likeness (QED) is 0.678. The normalized spacial score (nSPS) is 24.2. The predicted molar refractivity (Wildman–Crippen MR) is 47.8 cm³/mol. The summed E-state index contributed by atoms with van der Waals surface area (Å²) < 4.78 is 1.96. The first-order valence-corrected chi connectivity index (χ1v) is 4.59. The molecule has 0 amide bonds. The molecule has 0 bridgehead atoms. The lowest BCUT2D eigenvalue weighted by Gasteiger charge is -2.23. The molecule has 1 saturated heterocycles. The van der Waals surface area contributed by atoms with Crippen molar-refractivity contribution in [3.05, 3.63) is 18.0 Å². The van der Waals surface area contributed by atoms with Crippen molar-refractivity contribution in [1.82, 2.24) is 15.1 Å². The third kappa shape index (κ3) is 1.37. The second kappa shape index (κ2) is 3.27. The minimum Gasteiger partial charge on any atom is -0.309 e. The molecule has 3 nitrogen and oxygen atoms in total. The molecule has 1 atom stereocenters. The summed E-state index contributed by atoms with van der Waals surface area (Å²) in [7, 11) is 2.01. The van der Waals surface area contributed by atoms with Crippen LogP contribution in [0.3, 0.4) is 0 Å². The Balaban J connectivity index is 2.13. The molecule has 1 N–H and O–H groups in total. The van der Waals surface area contributed by atoms with Crippen molar-refractivity contribution in [3.63, 3.8) is 0 Å². The summed E-state index contributed by atoms with van der Waals surface area (Å²) >= 11 is 0. The van der Waals surface area contributed by atoms with E-state index in [0.717, 1.165) is 6.54 Å². The van der Waals surface area contributed by atoms with Crippen LogP contribution in [0.25, 0.3) is 0 Å². The van der Waals surface area contributed by atoms with E-state index in [9.17, 15) is 0 Å². The Morgan fingerprint density at radius 2 is 2.50 bits per heavy atom. The Hall–Kier alpha value is -0.830. The highest BCUT2D eigenvalue weighted by molar-refractivity contribution is 5.07. The molecule has 0 unspecified atom stereocenters. The fraction of sp³-hybridized carbons (Fsp3) is 0.667. The van der Waals surface area contributed by atoms with Crippen LogP contribution in [0, 0.1) is 0 Å². The maximum atomic E-state index is 4.17. The van der Waals surface area contributed by atoms with E-state index in [2.05, 4.69) is 16.5 Å². The Morgan fingerprint density at radius 1 is 1.58 bits per heavy atom. The third-order valence-corrected chi connectivity index (χ3v) is 2.53. The van der Waals surface area contributed by atoms with Gasteiger partial charge in [-0.05, 0) is 25.5 Å². The van der Waals surface area contributed by atoms with Crippen molar-refractivity contribution >= 4 is 0 Å². The highest BCUT2D eigenvalue weighted by Crippen LogP contribution is 2.21. The van der Waals surface area contributed by atoms with Gasteiger partial charge in [-0.15, -0.1) is 0 Å². The number of aryl methyl sites for hydroxylation is 1. The van der Waals surface area contributed by atoms with Crippen LogP contribution in [0.2, 0.25) is 0 Å². The molecule has 1 aromatic heterocycles. The van der Waals surface area contributed by atoms with Crippen LogP contribution >= 0.6 is 0 Å². The zero-order valence-electron chi connectivity index (χ0n) is 7.45. The van der Waals surface area contributed by atoms with E-state index in [1.165, 1.54) is 25.0 Å². The molecule has 0 aromatic carbocycles. The van der Waals surface area contributed by atoms with Crippen LogP contribution in [-0.4, -0.2) is 16.3 Å². The van der Waals surface area contributed by atoms with Crippen molar-refractivity contribution in [1.29, 1.82) is 0 Å². The minimum atomic E-state index is 0.534. The van der Waals surface area contributed by atoms with Crippen molar-refractivity contribution < 1.29 is 0 Å². The molecular weight excluding hydrogens is 150 g/mol. The van der Waals surface area contributed by atoms with Crippen LogP contribution in [0.5, 0.6) is 0 Å². The van der Waals surface area contributed by atoms with Crippen molar-refractivity contribution in [2.75, 3.05) is 6.54 Å². The van der Waals surface area contributed by atoms with Crippen molar-refractivity contribution in [3.8, 4) is 0 Å². The minimum absolute atomic E-state index is 0.534. The molecular formula is C9H15N3. The number of hydrogen-bond donors (Lipinski definition) is 1. The van der Waals surface area contributed by atoms with Gasteiger partial charge in [0.15, 0.2) is 0 Å². The smallest absolute Gasteiger partial charge is 0.0550 e. The van der Waals surface area contributed by atoms with Crippen LogP contribution in [0.1, 0.15) is 31.0 Å². The molecule has 1 aliphatic rings. The van der Waals surface area contributed by atoms with Gasteiger partial charge in [0.05, 0.1) is 5.69 Å². The van der Waals surface area contributed by atoms with Gasteiger partial charge in [0.25, 0.3) is 0 Å². The van der Waals surface area contributed by atoms with Crippen LogP contribution in [-0.2, 0) is 7.05 Å².